The lowest BCUT2D eigenvalue weighted by atomic mass is 10.2. The minimum absolute atomic E-state index is 0.0339. The maximum atomic E-state index is 12.8. The maximum absolute atomic E-state index is 12.8. The third kappa shape index (κ3) is 4.55. The van der Waals surface area contributed by atoms with Gasteiger partial charge in [-0.1, -0.05) is 17.3 Å². The molecule has 1 aliphatic heterocycles. The van der Waals surface area contributed by atoms with E-state index >= 15 is 0 Å². The molecule has 3 heterocycles. The molecule has 1 amide bonds. The molecule has 13 heteroatoms. The van der Waals surface area contributed by atoms with E-state index in [0.29, 0.717) is 29.9 Å². The van der Waals surface area contributed by atoms with Crippen LogP contribution in [0.5, 0.6) is 0 Å². The minimum atomic E-state index is -3.65. The Balaban J connectivity index is 1.29. The molecular formula is C22H21N5O7S. The summed E-state index contributed by atoms with van der Waals surface area (Å²) < 4.78 is 38.1. The predicted molar refractivity (Wildman–Crippen MR) is 124 cm³/mol. The summed E-state index contributed by atoms with van der Waals surface area (Å²) in [5.74, 6) is -1.49. The fourth-order valence-electron chi connectivity index (χ4n) is 4.03. The summed E-state index contributed by atoms with van der Waals surface area (Å²) >= 11 is 0. The summed E-state index contributed by atoms with van der Waals surface area (Å²) in [4.78, 5) is 38.5. The van der Waals surface area contributed by atoms with Gasteiger partial charge in [0.1, 0.15) is 0 Å². The third-order valence-corrected chi connectivity index (χ3v) is 7.66. The standard InChI is InChI=1S/C22H21N5O7S/c28-19(23-15-5-3-4-14(12-15)20-24-21(29)34-25-20)8-11-27-17-7-6-16(13-18(17)33-22(27)30)35(31,32)26-9-1-2-10-26/h3-7,12-13H,1-2,8-11H2,(H,23,28)(H,24,25,29). The summed E-state index contributed by atoms with van der Waals surface area (Å²) in [7, 11) is -3.65. The van der Waals surface area contributed by atoms with Crippen molar-refractivity contribution in [1.29, 1.82) is 0 Å². The number of sulfonamides is 1. The summed E-state index contributed by atoms with van der Waals surface area (Å²) in [5.41, 5.74) is 1.56. The van der Waals surface area contributed by atoms with E-state index in [0.717, 1.165) is 12.8 Å². The van der Waals surface area contributed by atoms with Gasteiger partial charge in [0.2, 0.25) is 15.9 Å². The number of aryl methyl sites for hydroxylation is 1. The van der Waals surface area contributed by atoms with Crippen molar-refractivity contribution >= 4 is 32.7 Å². The van der Waals surface area contributed by atoms with Crippen LogP contribution in [0.3, 0.4) is 0 Å². The van der Waals surface area contributed by atoms with Crippen molar-refractivity contribution in [3.8, 4) is 11.4 Å². The lowest BCUT2D eigenvalue weighted by Crippen LogP contribution is -2.27. The molecule has 0 atom stereocenters. The first-order valence-corrected chi connectivity index (χ1v) is 12.3. The molecule has 1 fully saturated rings. The number of benzene rings is 2. The fourth-order valence-corrected chi connectivity index (χ4v) is 5.56. The molecule has 1 saturated heterocycles. The number of carbonyl (C=O) groups is 1. The SMILES string of the molecule is O=C(CCn1c(=O)oc2cc(S(=O)(=O)N3CCCC3)ccc21)Nc1cccc(-c2noc(=O)[nH]2)c1. The Morgan fingerprint density at radius 2 is 1.91 bits per heavy atom. The van der Waals surface area contributed by atoms with Crippen LogP contribution in [0.2, 0.25) is 0 Å². The lowest BCUT2D eigenvalue weighted by molar-refractivity contribution is -0.116. The van der Waals surface area contributed by atoms with Crippen molar-refractivity contribution < 1.29 is 22.2 Å². The quantitative estimate of drug-likeness (QED) is 0.389. The number of hydrogen-bond donors (Lipinski definition) is 2. The molecule has 1 aliphatic rings. The van der Waals surface area contributed by atoms with E-state index in [9.17, 15) is 22.8 Å². The number of carbonyl (C=O) groups excluding carboxylic acids is 1. The molecule has 35 heavy (non-hydrogen) atoms. The fraction of sp³-hybridized carbons (Fsp3) is 0.273. The average Bonchev–Trinajstić information content (AvgIpc) is 3.58. The van der Waals surface area contributed by atoms with Gasteiger partial charge < -0.3 is 9.73 Å². The summed E-state index contributed by atoms with van der Waals surface area (Å²) in [6.45, 7) is 0.978. The lowest BCUT2D eigenvalue weighted by Gasteiger charge is -2.15. The molecule has 12 nitrogen and oxygen atoms in total. The van der Waals surface area contributed by atoms with Gasteiger partial charge in [0.05, 0.1) is 10.4 Å². The molecule has 5 rings (SSSR count). The van der Waals surface area contributed by atoms with Crippen molar-refractivity contribution in [2.24, 2.45) is 0 Å². The second-order valence-electron chi connectivity index (χ2n) is 8.08. The van der Waals surface area contributed by atoms with Crippen molar-refractivity contribution in [3.63, 3.8) is 0 Å². The van der Waals surface area contributed by atoms with E-state index in [4.69, 9.17) is 4.42 Å². The molecule has 0 spiro atoms. The van der Waals surface area contributed by atoms with Gasteiger partial charge in [0.15, 0.2) is 11.4 Å². The number of nitrogens with zero attached hydrogens (tertiary/aromatic N) is 3. The van der Waals surface area contributed by atoms with Crippen molar-refractivity contribution in [3.05, 3.63) is 63.6 Å². The van der Waals surface area contributed by atoms with Gasteiger partial charge in [-0.05, 0) is 37.1 Å². The number of aromatic amines is 1. The van der Waals surface area contributed by atoms with E-state index in [1.54, 1.807) is 24.3 Å². The van der Waals surface area contributed by atoms with Crippen LogP contribution in [0.4, 0.5) is 5.69 Å². The van der Waals surface area contributed by atoms with Gasteiger partial charge in [-0.2, -0.15) is 4.31 Å². The highest BCUT2D eigenvalue weighted by Gasteiger charge is 2.28. The molecule has 2 aromatic carbocycles. The van der Waals surface area contributed by atoms with E-state index in [2.05, 4.69) is 20.0 Å². The highest BCUT2D eigenvalue weighted by Crippen LogP contribution is 2.24. The number of anilines is 1. The first kappa shape index (κ1) is 22.8. The normalized spacial score (nSPS) is 14.5. The number of amides is 1. The Bertz CT molecular complexity index is 1620. The molecule has 0 unspecified atom stereocenters. The number of fused-ring (bicyclic) bond motifs is 1. The zero-order valence-corrected chi connectivity index (χ0v) is 19.2. The van der Waals surface area contributed by atoms with E-state index in [-0.39, 0.29) is 35.2 Å². The van der Waals surface area contributed by atoms with Gasteiger partial charge >= 0.3 is 11.5 Å². The number of rotatable bonds is 7. The molecule has 182 valence electrons. The molecule has 0 radical (unpaired) electrons. The van der Waals surface area contributed by atoms with E-state index in [1.165, 1.54) is 27.1 Å². The van der Waals surface area contributed by atoms with E-state index < -0.39 is 21.5 Å². The zero-order chi connectivity index (χ0) is 24.6. The molecule has 4 aromatic rings. The second kappa shape index (κ2) is 9.00. The largest absolute Gasteiger partial charge is 0.439 e. The van der Waals surface area contributed by atoms with Crippen LogP contribution in [0.1, 0.15) is 19.3 Å². The van der Waals surface area contributed by atoms with Crippen molar-refractivity contribution in [1.82, 2.24) is 19.0 Å². The molecular weight excluding hydrogens is 478 g/mol. The smallest absolute Gasteiger partial charge is 0.408 e. The molecule has 0 saturated carbocycles. The Labute approximate surface area is 198 Å². The molecule has 0 bridgehead atoms. The Kier molecular flexibility index (Phi) is 5.86. The summed E-state index contributed by atoms with van der Waals surface area (Å²) in [6, 6.07) is 11.0. The Hall–Kier alpha value is -3.97. The van der Waals surface area contributed by atoms with Crippen LogP contribution < -0.4 is 16.8 Å². The van der Waals surface area contributed by atoms with Crippen LogP contribution in [0, 0.1) is 0 Å². The Morgan fingerprint density at radius 1 is 1.11 bits per heavy atom. The number of hydrogen-bond acceptors (Lipinski definition) is 8. The predicted octanol–water partition coefficient (Wildman–Crippen LogP) is 1.75. The van der Waals surface area contributed by atoms with Crippen LogP contribution >= 0.6 is 0 Å². The monoisotopic (exact) mass is 499 g/mol. The van der Waals surface area contributed by atoms with Crippen molar-refractivity contribution in [2.45, 2.75) is 30.7 Å². The summed E-state index contributed by atoms with van der Waals surface area (Å²) in [5, 5.41) is 6.34. The Morgan fingerprint density at radius 3 is 2.66 bits per heavy atom. The number of oxazole rings is 1. The first-order chi connectivity index (χ1) is 16.8. The topological polar surface area (TPSA) is 161 Å². The van der Waals surface area contributed by atoms with Crippen LogP contribution in [0.25, 0.3) is 22.5 Å². The average molecular weight is 500 g/mol. The van der Waals surface area contributed by atoms with Gasteiger partial charge in [0, 0.05) is 43.4 Å². The maximum Gasteiger partial charge on any atom is 0.439 e. The number of H-pyrrole nitrogens is 1. The minimum Gasteiger partial charge on any atom is -0.408 e. The summed E-state index contributed by atoms with van der Waals surface area (Å²) in [6.07, 6.45) is 1.60. The highest BCUT2D eigenvalue weighted by molar-refractivity contribution is 7.89. The molecule has 2 N–H and O–H groups in total. The molecule has 0 aliphatic carbocycles. The van der Waals surface area contributed by atoms with Crippen molar-refractivity contribution in [2.75, 3.05) is 18.4 Å². The first-order valence-electron chi connectivity index (χ1n) is 10.9. The van der Waals surface area contributed by atoms with Gasteiger partial charge in [-0.25, -0.2) is 18.0 Å². The number of nitrogens with one attached hydrogen (secondary N) is 2. The van der Waals surface area contributed by atoms with Gasteiger partial charge in [0.25, 0.3) is 0 Å². The van der Waals surface area contributed by atoms with Crippen LogP contribution in [0.15, 0.2) is 65.9 Å². The van der Waals surface area contributed by atoms with Gasteiger partial charge in [-0.15, -0.1) is 0 Å². The van der Waals surface area contributed by atoms with E-state index in [1.807, 2.05) is 0 Å². The van der Waals surface area contributed by atoms with Crippen LogP contribution in [-0.2, 0) is 21.4 Å². The second-order valence-corrected chi connectivity index (χ2v) is 10.0. The third-order valence-electron chi connectivity index (χ3n) is 5.77. The molecule has 2 aromatic heterocycles. The number of aromatic nitrogens is 3. The van der Waals surface area contributed by atoms with Gasteiger partial charge in [-0.3, -0.25) is 18.9 Å². The van der Waals surface area contributed by atoms with Crippen LogP contribution in [-0.4, -0.2) is 46.4 Å². The highest BCUT2D eigenvalue weighted by atomic mass is 32.2. The zero-order valence-electron chi connectivity index (χ0n) is 18.4.